The van der Waals surface area contributed by atoms with E-state index in [0.717, 1.165) is 24.9 Å². The third-order valence-electron chi connectivity index (χ3n) is 3.98. The maximum absolute atomic E-state index is 11.9. The fraction of sp³-hybridized carbons (Fsp3) is 0.333. The molecule has 1 aromatic heterocycles. The van der Waals surface area contributed by atoms with E-state index in [2.05, 4.69) is 10.6 Å². The van der Waals surface area contributed by atoms with Crippen LogP contribution in [0, 0.1) is 0 Å². The number of furan rings is 1. The molecule has 0 spiro atoms. The van der Waals surface area contributed by atoms with Gasteiger partial charge in [0.05, 0.1) is 12.8 Å². The Labute approximate surface area is 140 Å². The zero-order valence-electron chi connectivity index (χ0n) is 13.5. The lowest BCUT2D eigenvalue weighted by molar-refractivity contribution is -0.133. The van der Waals surface area contributed by atoms with Crippen molar-refractivity contribution < 1.29 is 14.0 Å². The summed E-state index contributed by atoms with van der Waals surface area (Å²) in [5, 5.41) is 5.53. The number of hydrogen-bond donors (Lipinski definition) is 2. The summed E-state index contributed by atoms with van der Waals surface area (Å²) in [5.41, 5.74) is 1.71. The first-order chi connectivity index (χ1) is 11.7. The molecule has 0 atom stereocenters. The highest BCUT2D eigenvalue weighted by molar-refractivity contribution is 5.89. The fourth-order valence-corrected chi connectivity index (χ4v) is 2.75. The Morgan fingerprint density at radius 3 is 2.92 bits per heavy atom. The maximum Gasteiger partial charge on any atom is 0.319 e. The minimum absolute atomic E-state index is 0.204. The number of urea groups is 1. The molecule has 2 N–H and O–H groups in total. The van der Waals surface area contributed by atoms with Crippen LogP contribution in [-0.2, 0) is 17.9 Å². The van der Waals surface area contributed by atoms with Gasteiger partial charge in [0.1, 0.15) is 5.76 Å². The number of piperidine rings is 1. The molecule has 1 fully saturated rings. The molecule has 1 aliphatic heterocycles. The van der Waals surface area contributed by atoms with E-state index < -0.39 is 0 Å². The molecule has 24 heavy (non-hydrogen) atoms. The van der Waals surface area contributed by atoms with Crippen LogP contribution >= 0.6 is 0 Å². The molecule has 6 nitrogen and oxygen atoms in total. The second-order valence-corrected chi connectivity index (χ2v) is 5.86. The Hall–Kier alpha value is -2.76. The van der Waals surface area contributed by atoms with Crippen molar-refractivity contribution in [2.24, 2.45) is 0 Å². The smallest absolute Gasteiger partial charge is 0.319 e. The summed E-state index contributed by atoms with van der Waals surface area (Å²) in [5.74, 6) is 0.901. The zero-order chi connectivity index (χ0) is 16.8. The van der Waals surface area contributed by atoms with E-state index in [1.165, 1.54) is 0 Å². The fourth-order valence-electron chi connectivity index (χ4n) is 2.75. The number of nitrogens with one attached hydrogen (secondary N) is 2. The van der Waals surface area contributed by atoms with Gasteiger partial charge in [0.25, 0.3) is 0 Å². The van der Waals surface area contributed by atoms with E-state index in [1.54, 1.807) is 18.4 Å². The van der Waals surface area contributed by atoms with Crippen molar-refractivity contribution in [3.63, 3.8) is 0 Å². The van der Waals surface area contributed by atoms with Crippen LogP contribution < -0.4 is 10.6 Å². The Balaban J connectivity index is 1.54. The number of anilines is 1. The predicted molar refractivity (Wildman–Crippen MR) is 90.3 cm³/mol. The van der Waals surface area contributed by atoms with Crippen molar-refractivity contribution in [3.05, 3.63) is 54.0 Å². The van der Waals surface area contributed by atoms with Gasteiger partial charge in [-0.2, -0.15) is 0 Å². The van der Waals surface area contributed by atoms with E-state index in [-0.39, 0.29) is 11.9 Å². The summed E-state index contributed by atoms with van der Waals surface area (Å²) in [6.07, 6.45) is 4.24. The first-order valence-electron chi connectivity index (χ1n) is 8.15. The first-order valence-corrected chi connectivity index (χ1v) is 8.15. The molecule has 3 amide bonds. The third kappa shape index (κ3) is 4.38. The van der Waals surface area contributed by atoms with Gasteiger partial charge in [-0.15, -0.1) is 0 Å². The Kier molecular flexibility index (Phi) is 5.15. The number of benzene rings is 1. The van der Waals surface area contributed by atoms with Crippen LogP contribution in [0.25, 0.3) is 0 Å². The Bertz CT molecular complexity index is 697. The van der Waals surface area contributed by atoms with Crippen molar-refractivity contribution in [2.45, 2.75) is 32.4 Å². The summed E-state index contributed by atoms with van der Waals surface area (Å²) < 4.78 is 5.17. The van der Waals surface area contributed by atoms with Crippen molar-refractivity contribution in [1.82, 2.24) is 10.2 Å². The van der Waals surface area contributed by atoms with E-state index in [0.29, 0.717) is 31.0 Å². The highest BCUT2D eigenvalue weighted by atomic mass is 16.3. The van der Waals surface area contributed by atoms with Gasteiger partial charge >= 0.3 is 6.03 Å². The minimum Gasteiger partial charge on any atom is -0.467 e. The molecule has 0 aliphatic carbocycles. The number of nitrogens with zero attached hydrogens (tertiary/aromatic N) is 1. The average Bonchev–Trinajstić information content (AvgIpc) is 3.09. The van der Waals surface area contributed by atoms with Gasteiger partial charge in [0, 0.05) is 25.2 Å². The van der Waals surface area contributed by atoms with Crippen LogP contribution in [0.1, 0.15) is 30.6 Å². The summed E-state index contributed by atoms with van der Waals surface area (Å²) in [6.45, 7) is 1.73. The molecule has 2 heterocycles. The largest absolute Gasteiger partial charge is 0.467 e. The van der Waals surface area contributed by atoms with Crippen LogP contribution in [0.4, 0.5) is 10.5 Å². The first kappa shape index (κ1) is 16.1. The number of carbonyl (C=O) groups excluding carboxylic acids is 2. The molecule has 1 aromatic carbocycles. The molecule has 3 rings (SSSR count). The van der Waals surface area contributed by atoms with E-state index in [1.807, 2.05) is 29.2 Å². The van der Waals surface area contributed by atoms with Gasteiger partial charge < -0.3 is 20.0 Å². The van der Waals surface area contributed by atoms with Crippen LogP contribution in [-0.4, -0.2) is 23.4 Å². The molecule has 1 aliphatic rings. The molecule has 126 valence electrons. The van der Waals surface area contributed by atoms with Gasteiger partial charge in [-0.1, -0.05) is 12.1 Å². The van der Waals surface area contributed by atoms with Crippen molar-refractivity contribution in [1.29, 1.82) is 0 Å². The summed E-state index contributed by atoms with van der Waals surface area (Å²) in [6, 6.07) is 10.9. The Morgan fingerprint density at radius 1 is 1.21 bits per heavy atom. The topological polar surface area (TPSA) is 74.6 Å². The molecular weight excluding hydrogens is 306 g/mol. The highest BCUT2D eigenvalue weighted by Gasteiger charge is 2.18. The van der Waals surface area contributed by atoms with E-state index in [4.69, 9.17) is 4.42 Å². The minimum atomic E-state index is -0.294. The quantitative estimate of drug-likeness (QED) is 0.886. The zero-order valence-corrected chi connectivity index (χ0v) is 13.5. The van der Waals surface area contributed by atoms with Crippen LogP contribution in [0.2, 0.25) is 0 Å². The Morgan fingerprint density at radius 2 is 2.12 bits per heavy atom. The molecule has 0 bridgehead atoms. The van der Waals surface area contributed by atoms with Crippen LogP contribution in [0.3, 0.4) is 0 Å². The third-order valence-corrected chi connectivity index (χ3v) is 3.98. The number of rotatable bonds is 5. The van der Waals surface area contributed by atoms with Gasteiger partial charge in [0.15, 0.2) is 0 Å². The van der Waals surface area contributed by atoms with Gasteiger partial charge in [-0.05, 0) is 42.7 Å². The number of carbonyl (C=O) groups is 2. The monoisotopic (exact) mass is 327 g/mol. The summed E-state index contributed by atoms with van der Waals surface area (Å²) in [7, 11) is 0. The molecule has 0 unspecified atom stereocenters. The number of hydrogen-bond acceptors (Lipinski definition) is 3. The van der Waals surface area contributed by atoms with Crippen molar-refractivity contribution in [2.75, 3.05) is 11.9 Å². The molecule has 1 saturated heterocycles. The number of amides is 3. The van der Waals surface area contributed by atoms with E-state index >= 15 is 0 Å². The second-order valence-electron chi connectivity index (χ2n) is 5.86. The lowest BCUT2D eigenvalue weighted by Gasteiger charge is -2.26. The van der Waals surface area contributed by atoms with Crippen LogP contribution in [0.15, 0.2) is 47.1 Å². The average molecular weight is 327 g/mol. The summed E-state index contributed by atoms with van der Waals surface area (Å²) in [4.78, 5) is 25.7. The number of likely N-dealkylation sites (tertiary alicyclic amines) is 1. The van der Waals surface area contributed by atoms with Gasteiger partial charge in [0.2, 0.25) is 5.91 Å². The van der Waals surface area contributed by atoms with Gasteiger partial charge in [-0.25, -0.2) is 4.79 Å². The molecular formula is C18H21N3O3. The molecule has 0 saturated carbocycles. The summed E-state index contributed by atoms with van der Waals surface area (Å²) >= 11 is 0. The highest BCUT2D eigenvalue weighted by Crippen LogP contribution is 2.17. The predicted octanol–water partition coefficient (Wildman–Crippen LogP) is 3.11. The van der Waals surface area contributed by atoms with E-state index in [9.17, 15) is 9.59 Å². The van der Waals surface area contributed by atoms with Crippen molar-refractivity contribution in [3.8, 4) is 0 Å². The molecule has 0 radical (unpaired) electrons. The lowest BCUT2D eigenvalue weighted by atomic mass is 10.1. The van der Waals surface area contributed by atoms with Crippen molar-refractivity contribution >= 4 is 17.6 Å². The van der Waals surface area contributed by atoms with Gasteiger partial charge in [-0.3, -0.25) is 4.79 Å². The molecule has 6 heteroatoms. The normalized spacial score (nSPS) is 14.5. The second kappa shape index (κ2) is 7.68. The molecule has 2 aromatic rings. The maximum atomic E-state index is 11.9. The lowest BCUT2D eigenvalue weighted by Crippen LogP contribution is -2.34. The standard InChI is InChI=1S/C18H21N3O3/c22-17-8-1-2-9-21(17)13-14-5-3-6-15(11-14)20-18(23)19-12-16-7-4-10-24-16/h3-7,10-11H,1-2,8-9,12-13H2,(H2,19,20,23). The SMILES string of the molecule is O=C(NCc1ccco1)Nc1cccc(CN2CCCCC2=O)c1. The van der Waals surface area contributed by atoms with Crippen LogP contribution in [0.5, 0.6) is 0 Å².